The SMILES string of the molecule is CC(C)(C)c1ccccc1O.CC(C)C. The Morgan fingerprint density at radius 3 is 1.67 bits per heavy atom. The molecule has 0 saturated heterocycles. The summed E-state index contributed by atoms with van der Waals surface area (Å²) in [5.41, 5.74) is 1.03. The van der Waals surface area contributed by atoms with Crippen molar-refractivity contribution in [1.82, 2.24) is 0 Å². The second-order valence-corrected chi connectivity index (χ2v) is 5.50. The largest absolute Gasteiger partial charge is 0.508 e. The number of aromatic hydroxyl groups is 1. The van der Waals surface area contributed by atoms with Crippen LogP contribution in [0.1, 0.15) is 47.1 Å². The normalized spacial score (nSPS) is 10.9. The second-order valence-electron chi connectivity index (χ2n) is 5.50. The standard InChI is InChI=1S/C10H14O.C4H10/c1-10(2,3)8-6-4-5-7-9(8)11;1-4(2)3/h4-7,11H,1-3H3;4H,1-3H3. The summed E-state index contributed by atoms with van der Waals surface area (Å²) in [4.78, 5) is 0. The molecular formula is C14H24O. The predicted octanol–water partition coefficient (Wildman–Crippen LogP) is 4.35. The average Bonchev–Trinajstić information content (AvgIpc) is 2.01. The lowest BCUT2D eigenvalue weighted by molar-refractivity contribution is 0.447. The summed E-state index contributed by atoms with van der Waals surface area (Å²) in [6.07, 6.45) is 0. The van der Waals surface area contributed by atoms with Crippen molar-refractivity contribution in [3.63, 3.8) is 0 Å². The van der Waals surface area contributed by atoms with E-state index >= 15 is 0 Å². The van der Waals surface area contributed by atoms with Gasteiger partial charge in [-0.25, -0.2) is 0 Å². The molecule has 0 heterocycles. The first-order valence-corrected chi connectivity index (χ1v) is 5.53. The van der Waals surface area contributed by atoms with Crippen LogP contribution in [0.25, 0.3) is 0 Å². The Morgan fingerprint density at radius 2 is 1.40 bits per heavy atom. The second kappa shape index (κ2) is 5.79. The van der Waals surface area contributed by atoms with Gasteiger partial charge in [0.15, 0.2) is 0 Å². The van der Waals surface area contributed by atoms with E-state index in [9.17, 15) is 5.11 Å². The van der Waals surface area contributed by atoms with Crippen molar-refractivity contribution in [2.75, 3.05) is 0 Å². The lowest BCUT2D eigenvalue weighted by Crippen LogP contribution is -2.10. The quantitative estimate of drug-likeness (QED) is 0.672. The molecule has 0 aliphatic carbocycles. The van der Waals surface area contributed by atoms with E-state index in [4.69, 9.17) is 0 Å². The Kier molecular flexibility index (Phi) is 5.41. The summed E-state index contributed by atoms with van der Waals surface area (Å²) >= 11 is 0. The molecule has 0 aliphatic heterocycles. The molecule has 0 aliphatic rings. The summed E-state index contributed by atoms with van der Waals surface area (Å²) in [7, 11) is 0. The number of hydrogen-bond acceptors (Lipinski definition) is 1. The maximum atomic E-state index is 9.45. The molecule has 1 nitrogen and oxygen atoms in total. The number of benzene rings is 1. The molecule has 1 rings (SSSR count). The van der Waals surface area contributed by atoms with Crippen LogP contribution in [0.5, 0.6) is 5.75 Å². The van der Waals surface area contributed by atoms with E-state index in [2.05, 4.69) is 41.5 Å². The molecule has 1 N–H and O–H groups in total. The fraction of sp³-hybridized carbons (Fsp3) is 0.571. The minimum absolute atomic E-state index is 0.0331. The first-order valence-electron chi connectivity index (χ1n) is 5.53. The first-order chi connectivity index (χ1) is 6.75. The maximum Gasteiger partial charge on any atom is 0.119 e. The number of rotatable bonds is 0. The van der Waals surface area contributed by atoms with Gasteiger partial charge in [-0.3, -0.25) is 0 Å². The minimum Gasteiger partial charge on any atom is -0.508 e. The molecule has 1 aromatic rings. The smallest absolute Gasteiger partial charge is 0.119 e. The highest BCUT2D eigenvalue weighted by atomic mass is 16.3. The Morgan fingerprint density at radius 1 is 1.00 bits per heavy atom. The predicted molar refractivity (Wildman–Crippen MR) is 67.3 cm³/mol. The lowest BCUT2D eigenvalue weighted by atomic mass is 9.86. The van der Waals surface area contributed by atoms with E-state index in [1.165, 1.54) is 0 Å². The van der Waals surface area contributed by atoms with Crippen LogP contribution in [0.2, 0.25) is 0 Å². The van der Waals surface area contributed by atoms with Gasteiger partial charge in [0.25, 0.3) is 0 Å². The third kappa shape index (κ3) is 6.16. The van der Waals surface area contributed by atoms with E-state index in [1.807, 2.05) is 18.2 Å². The van der Waals surface area contributed by atoms with Gasteiger partial charge in [-0.05, 0) is 23.0 Å². The molecule has 0 saturated carbocycles. The van der Waals surface area contributed by atoms with Crippen molar-refractivity contribution in [3.8, 4) is 5.75 Å². The molecule has 0 unspecified atom stereocenters. The third-order valence-electron chi connectivity index (χ3n) is 1.71. The zero-order chi connectivity index (χ0) is 12.1. The van der Waals surface area contributed by atoms with Crippen LogP contribution in [0.4, 0.5) is 0 Å². The number of hydrogen-bond donors (Lipinski definition) is 1. The highest BCUT2D eigenvalue weighted by molar-refractivity contribution is 5.36. The molecule has 1 heteroatoms. The zero-order valence-corrected chi connectivity index (χ0v) is 10.8. The van der Waals surface area contributed by atoms with Gasteiger partial charge in [0.2, 0.25) is 0 Å². The van der Waals surface area contributed by atoms with Crippen LogP contribution < -0.4 is 0 Å². The first kappa shape index (κ1) is 14.0. The molecule has 0 radical (unpaired) electrons. The van der Waals surface area contributed by atoms with Crippen LogP contribution in [-0.2, 0) is 5.41 Å². The zero-order valence-electron chi connectivity index (χ0n) is 10.8. The van der Waals surface area contributed by atoms with Crippen molar-refractivity contribution in [2.24, 2.45) is 5.92 Å². The van der Waals surface area contributed by atoms with Crippen molar-refractivity contribution in [3.05, 3.63) is 29.8 Å². The van der Waals surface area contributed by atoms with Gasteiger partial charge in [-0.1, -0.05) is 59.7 Å². The summed E-state index contributed by atoms with van der Waals surface area (Å²) in [5.74, 6) is 1.22. The van der Waals surface area contributed by atoms with Gasteiger partial charge >= 0.3 is 0 Å². The fourth-order valence-electron chi connectivity index (χ4n) is 1.11. The fourth-order valence-corrected chi connectivity index (χ4v) is 1.11. The van der Waals surface area contributed by atoms with Gasteiger partial charge in [-0.2, -0.15) is 0 Å². The highest BCUT2D eigenvalue weighted by Crippen LogP contribution is 2.29. The van der Waals surface area contributed by atoms with Gasteiger partial charge in [0.1, 0.15) is 5.75 Å². The van der Waals surface area contributed by atoms with Crippen LogP contribution in [0.3, 0.4) is 0 Å². The van der Waals surface area contributed by atoms with E-state index in [-0.39, 0.29) is 5.41 Å². The molecule has 0 amide bonds. The lowest BCUT2D eigenvalue weighted by Gasteiger charge is -2.19. The molecule has 1 aromatic carbocycles. The Bertz CT molecular complexity index is 279. The van der Waals surface area contributed by atoms with Crippen molar-refractivity contribution in [2.45, 2.75) is 47.0 Å². The Balaban J connectivity index is 0.000000423. The monoisotopic (exact) mass is 208 g/mol. The topological polar surface area (TPSA) is 20.2 Å². The molecule has 0 aromatic heterocycles. The Hall–Kier alpha value is -0.980. The molecule has 0 atom stereocenters. The highest BCUT2D eigenvalue weighted by Gasteiger charge is 2.16. The summed E-state index contributed by atoms with van der Waals surface area (Å²) < 4.78 is 0. The van der Waals surface area contributed by atoms with Crippen LogP contribution in [0.15, 0.2) is 24.3 Å². The van der Waals surface area contributed by atoms with Crippen molar-refractivity contribution in [1.29, 1.82) is 0 Å². The van der Waals surface area contributed by atoms with E-state index in [1.54, 1.807) is 6.07 Å². The number of para-hydroxylation sites is 1. The van der Waals surface area contributed by atoms with Gasteiger partial charge in [-0.15, -0.1) is 0 Å². The Labute approximate surface area is 94.2 Å². The van der Waals surface area contributed by atoms with Crippen molar-refractivity contribution < 1.29 is 5.11 Å². The van der Waals surface area contributed by atoms with Gasteiger partial charge < -0.3 is 5.11 Å². The van der Waals surface area contributed by atoms with E-state index in [0.29, 0.717) is 5.75 Å². The molecule has 0 fully saturated rings. The van der Waals surface area contributed by atoms with Crippen LogP contribution in [-0.4, -0.2) is 5.11 Å². The van der Waals surface area contributed by atoms with E-state index < -0.39 is 0 Å². The third-order valence-corrected chi connectivity index (χ3v) is 1.71. The molecular weight excluding hydrogens is 184 g/mol. The summed E-state index contributed by atoms with van der Waals surface area (Å²) in [6.45, 7) is 12.8. The maximum absolute atomic E-state index is 9.45. The molecule has 86 valence electrons. The minimum atomic E-state index is 0.0331. The van der Waals surface area contributed by atoms with Crippen LogP contribution >= 0.6 is 0 Å². The van der Waals surface area contributed by atoms with Gasteiger partial charge in [0, 0.05) is 0 Å². The number of phenolic OH excluding ortho intramolecular Hbond substituents is 1. The molecule has 0 bridgehead atoms. The summed E-state index contributed by atoms with van der Waals surface area (Å²) in [5, 5.41) is 9.45. The van der Waals surface area contributed by atoms with Gasteiger partial charge in [0.05, 0.1) is 0 Å². The van der Waals surface area contributed by atoms with E-state index in [0.717, 1.165) is 11.5 Å². The molecule has 0 spiro atoms. The molecule has 15 heavy (non-hydrogen) atoms. The number of phenols is 1. The van der Waals surface area contributed by atoms with Crippen LogP contribution in [0, 0.1) is 5.92 Å². The van der Waals surface area contributed by atoms with Crippen molar-refractivity contribution >= 4 is 0 Å². The summed E-state index contributed by atoms with van der Waals surface area (Å²) in [6, 6.07) is 7.46. The average molecular weight is 208 g/mol.